The molecule has 0 aliphatic rings. The van der Waals surface area contributed by atoms with E-state index >= 15 is 0 Å². The van der Waals surface area contributed by atoms with Crippen LogP contribution >= 0.6 is 0 Å². The van der Waals surface area contributed by atoms with Crippen molar-refractivity contribution in [3.05, 3.63) is 0 Å². The van der Waals surface area contributed by atoms with E-state index in [1.807, 2.05) is 6.92 Å². The third-order valence-electron chi connectivity index (χ3n) is 2.02. The van der Waals surface area contributed by atoms with Crippen molar-refractivity contribution in [2.45, 2.75) is 51.8 Å². The van der Waals surface area contributed by atoms with Crippen LogP contribution in [0.1, 0.15) is 33.1 Å². The van der Waals surface area contributed by atoms with E-state index in [1.165, 1.54) is 6.92 Å². The third kappa shape index (κ3) is 8.01. The fourth-order valence-electron chi connectivity index (χ4n) is 1.00. The average molecular weight is 256 g/mol. The molecule has 0 aliphatic carbocycles. The first-order chi connectivity index (χ1) is 7.99. The highest BCUT2D eigenvalue weighted by Crippen LogP contribution is 2.10. The number of rotatable bonds is 9. The van der Waals surface area contributed by atoms with E-state index in [0.29, 0.717) is 6.42 Å². The molecule has 0 saturated carbocycles. The summed E-state index contributed by atoms with van der Waals surface area (Å²) in [5, 5.41) is 0. The molecule has 0 aromatic carbocycles. The van der Waals surface area contributed by atoms with Crippen LogP contribution < -0.4 is 0 Å². The minimum Gasteiger partial charge on any atom is -0.464 e. The minimum absolute atomic E-state index is 0.0224. The van der Waals surface area contributed by atoms with E-state index in [2.05, 4.69) is 9.47 Å². The molecule has 0 aromatic rings. The number of hydrogen-bond acceptors (Lipinski definition) is 3. The Labute approximate surface area is 99.3 Å². The highest BCUT2D eigenvalue weighted by atomic mass is 19.3. The number of unbranched alkanes of at least 4 members (excludes halogenated alkanes) is 1. The first kappa shape index (κ1) is 16.2. The Morgan fingerprint density at radius 3 is 2.35 bits per heavy atom. The van der Waals surface area contributed by atoms with Gasteiger partial charge in [-0.25, -0.2) is 18.0 Å². The molecule has 2 unspecified atom stereocenters. The molecule has 0 spiro atoms. The van der Waals surface area contributed by atoms with Gasteiger partial charge in [0.1, 0.15) is 0 Å². The van der Waals surface area contributed by atoms with Crippen molar-refractivity contribution in [3.63, 3.8) is 0 Å². The van der Waals surface area contributed by atoms with Gasteiger partial charge in [-0.15, -0.1) is 0 Å². The lowest BCUT2D eigenvalue weighted by molar-refractivity contribution is -0.168. The fourth-order valence-corrected chi connectivity index (χ4v) is 1.00. The minimum atomic E-state index is -2.96. The summed E-state index contributed by atoms with van der Waals surface area (Å²) in [7, 11) is 0. The van der Waals surface area contributed by atoms with Crippen LogP contribution in [0, 0.1) is 0 Å². The molecule has 0 fully saturated rings. The Balaban J connectivity index is 3.99. The zero-order valence-electron chi connectivity index (χ0n) is 10.1. The number of carbonyl (C=O) groups excluding carboxylic acids is 1. The van der Waals surface area contributed by atoms with Crippen LogP contribution in [0.5, 0.6) is 0 Å². The van der Waals surface area contributed by atoms with Crippen LogP contribution in [-0.2, 0) is 14.3 Å². The Morgan fingerprint density at radius 1 is 1.24 bits per heavy atom. The van der Waals surface area contributed by atoms with Crippen molar-refractivity contribution in [2.75, 3.05) is 13.2 Å². The molecule has 102 valence electrons. The van der Waals surface area contributed by atoms with Crippen LogP contribution in [0.25, 0.3) is 0 Å². The maximum absolute atomic E-state index is 12.5. The van der Waals surface area contributed by atoms with Crippen LogP contribution in [0.15, 0.2) is 0 Å². The predicted octanol–water partition coefficient (Wildman–Crippen LogP) is 2.73. The maximum Gasteiger partial charge on any atom is 0.341 e. The van der Waals surface area contributed by atoms with Crippen LogP contribution in [0.2, 0.25) is 0 Å². The number of hydrogen-bond donors (Lipinski definition) is 0. The second kappa shape index (κ2) is 9.27. The smallest absolute Gasteiger partial charge is 0.341 e. The largest absolute Gasteiger partial charge is 0.464 e. The quantitative estimate of drug-likeness (QED) is 0.470. The standard InChI is InChI=1S/C11H19F3O3/c1-3-4-6-17-11(15)9(10(13)14)16-7-5-8(2)12/h8-10H,3-7H2,1-2H3. The molecule has 17 heavy (non-hydrogen) atoms. The van der Waals surface area contributed by atoms with Gasteiger partial charge in [0.25, 0.3) is 6.43 Å². The van der Waals surface area contributed by atoms with E-state index in [0.717, 1.165) is 6.42 Å². The molecule has 0 aliphatic heterocycles. The monoisotopic (exact) mass is 256 g/mol. The van der Waals surface area contributed by atoms with Gasteiger partial charge in [0.15, 0.2) is 0 Å². The highest BCUT2D eigenvalue weighted by molar-refractivity contribution is 5.75. The van der Waals surface area contributed by atoms with Gasteiger partial charge < -0.3 is 9.47 Å². The molecule has 2 atom stereocenters. The molecular formula is C11H19F3O3. The zero-order valence-corrected chi connectivity index (χ0v) is 10.1. The van der Waals surface area contributed by atoms with E-state index in [4.69, 9.17) is 0 Å². The Kier molecular flexibility index (Phi) is 8.85. The van der Waals surface area contributed by atoms with Crippen molar-refractivity contribution >= 4 is 5.97 Å². The number of carbonyl (C=O) groups is 1. The summed E-state index contributed by atoms with van der Waals surface area (Å²) in [6.07, 6.45) is -4.63. The molecule has 0 amide bonds. The number of ether oxygens (including phenoxy) is 2. The molecule has 0 rings (SSSR count). The SMILES string of the molecule is CCCCOC(=O)C(OCCC(C)F)C(F)F. The van der Waals surface area contributed by atoms with Gasteiger partial charge in [-0.2, -0.15) is 0 Å². The van der Waals surface area contributed by atoms with E-state index < -0.39 is 24.7 Å². The Hall–Kier alpha value is -0.780. The first-order valence-electron chi connectivity index (χ1n) is 5.69. The molecule has 0 bridgehead atoms. The maximum atomic E-state index is 12.5. The topological polar surface area (TPSA) is 35.5 Å². The van der Waals surface area contributed by atoms with Gasteiger partial charge in [0.2, 0.25) is 6.10 Å². The van der Waals surface area contributed by atoms with E-state index in [9.17, 15) is 18.0 Å². The van der Waals surface area contributed by atoms with Gasteiger partial charge in [0.05, 0.1) is 19.4 Å². The molecule has 0 saturated heterocycles. The Morgan fingerprint density at radius 2 is 1.88 bits per heavy atom. The zero-order chi connectivity index (χ0) is 13.3. The van der Waals surface area contributed by atoms with Gasteiger partial charge >= 0.3 is 5.97 Å². The summed E-state index contributed by atoms with van der Waals surface area (Å²) in [5.41, 5.74) is 0. The molecular weight excluding hydrogens is 237 g/mol. The van der Waals surface area contributed by atoms with Crippen molar-refractivity contribution in [2.24, 2.45) is 0 Å². The van der Waals surface area contributed by atoms with E-state index in [-0.39, 0.29) is 19.6 Å². The fraction of sp³-hybridized carbons (Fsp3) is 0.909. The lowest BCUT2D eigenvalue weighted by Crippen LogP contribution is -2.34. The lowest BCUT2D eigenvalue weighted by atomic mass is 10.3. The van der Waals surface area contributed by atoms with Crippen LogP contribution in [0.3, 0.4) is 0 Å². The average Bonchev–Trinajstić information content (AvgIpc) is 2.23. The van der Waals surface area contributed by atoms with Crippen LogP contribution in [-0.4, -0.2) is 37.9 Å². The molecule has 0 aromatic heterocycles. The summed E-state index contributed by atoms with van der Waals surface area (Å²) in [5.74, 6) is -1.08. The van der Waals surface area contributed by atoms with Gasteiger partial charge in [-0.3, -0.25) is 0 Å². The summed E-state index contributed by atoms with van der Waals surface area (Å²) in [6.45, 7) is 3.05. The highest BCUT2D eigenvalue weighted by Gasteiger charge is 2.30. The molecule has 0 heterocycles. The number of esters is 1. The first-order valence-corrected chi connectivity index (χ1v) is 5.69. The Bertz CT molecular complexity index is 210. The molecule has 0 N–H and O–H groups in total. The van der Waals surface area contributed by atoms with Crippen molar-refractivity contribution in [1.29, 1.82) is 0 Å². The second-order valence-electron chi connectivity index (χ2n) is 3.72. The van der Waals surface area contributed by atoms with Crippen molar-refractivity contribution in [1.82, 2.24) is 0 Å². The van der Waals surface area contributed by atoms with Crippen LogP contribution in [0.4, 0.5) is 13.2 Å². The second-order valence-corrected chi connectivity index (χ2v) is 3.72. The van der Waals surface area contributed by atoms with Gasteiger partial charge in [0, 0.05) is 6.42 Å². The molecule has 3 nitrogen and oxygen atoms in total. The third-order valence-corrected chi connectivity index (χ3v) is 2.02. The predicted molar refractivity (Wildman–Crippen MR) is 56.8 cm³/mol. The lowest BCUT2D eigenvalue weighted by Gasteiger charge is -2.16. The van der Waals surface area contributed by atoms with Crippen molar-refractivity contribution < 1.29 is 27.4 Å². The van der Waals surface area contributed by atoms with Crippen molar-refractivity contribution in [3.8, 4) is 0 Å². The molecule has 6 heteroatoms. The van der Waals surface area contributed by atoms with E-state index in [1.54, 1.807) is 0 Å². The number of alkyl halides is 3. The number of halogens is 3. The van der Waals surface area contributed by atoms with Gasteiger partial charge in [-0.05, 0) is 13.3 Å². The normalized spacial score (nSPS) is 14.7. The molecule has 0 radical (unpaired) electrons. The summed E-state index contributed by atoms with van der Waals surface area (Å²) in [4.78, 5) is 11.2. The van der Waals surface area contributed by atoms with Gasteiger partial charge in [-0.1, -0.05) is 13.3 Å². The summed E-state index contributed by atoms with van der Waals surface area (Å²) >= 11 is 0. The summed E-state index contributed by atoms with van der Waals surface area (Å²) in [6, 6.07) is 0. The summed E-state index contributed by atoms with van der Waals surface area (Å²) < 4.78 is 46.6.